The van der Waals surface area contributed by atoms with Crippen LogP contribution in [0, 0.1) is 11.3 Å². The maximum Gasteiger partial charge on any atom is 0.264 e. The van der Waals surface area contributed by atoms with Gasteiger partial charge in [-0.05, 0) is 18.2 Å². The molecule has 1 heterocycles. The van der Waals surface area contributed by atoms with Gasteiger partial charge < -0.3 is 4.42 Å². The molecule has 5 nitrogen and oxygen atoms in total. The minimum Gasteiger partial charge on any atom is -0.460 e. The summed E-state index contributed by atoms with van der Waals surface area (Å²) in [5, 5.41) is 9.80. The minimum atomic E-state index is -3.54. The van der Waals surface area contributed by atoms with Crippen LogP contribution in [0.15, 0.2) is 22.6 Å². The first-order valence-electron chi connectivity index (χ1n) is 6.11. The average Bonchev–Trinajstić information content (AvgIpc) is 2.78. The monoisotopic (exact) mass is 293 g/mol. The van der Waals surface area contributed by atoms with Crippen molar-refractivity contribution in [3.05, 3.63) is 35.1 Å². The molecule has 6 heteroatoms. The number of nitriles is 1. The zero-order valence-corrected chi connectivity index (χ0v) is 12.3. The summed E-state index contributed by atoms with van der Waals surface area (Å²) in [6.45, 7) is 3.85. The number of fused-ring (bicyclic) bond motifs is 1. The van der Waals surface area contributed by atoms with Gasteiger partial charge in [-0.25, -0.2) is 0 Å². The number of nitrogens with zero attached hydrogens (tertiary/aromatic N) is 1. The van der Waals surface area contributed by atoms with E-state index in [0.717, 1.165) is 17.4 Å². The van der Waals surface area contributed by atoms with Crippen LogP contribution in [0.3, 0.4) is 0 Å². The van der Waals surface area contributed by atoms with Crippen molar-refractivity contribution in [2.45, 2.75) is 26.4 Å². The Morgan fingerprint density at radius 2 is 2.05 bits per heavy atom. The standard InChI is InChI=1S/C14H15NO4S/c1-9(2)13-6-11-4-10(7-15)5-12(14(11)19-13)8-18-20(3,16)17/h4-6,9H,8H2,1-3H3. The molecule has 2 rings (SSSR count). The predicted octanol–water partition coefficient (Wildman–Crippen LogP) is 2.90. The average molecular weight is 293 g/mol. The Morgan fingerprint density at radius 1 is 1.35 bits per heavy atom. The van der Waals surface area contributed by atoms with Crippen LogP contribution in [0.4, 0.5) is 0 Å². The third kappa shape index (κ3) is 3.18. The number of hydrogen-bond donors (Lipinski definition) is 0. The molecule has 1 aromatic carbocycles. The summed E-state index contributed by atoms with van der Waals surface area (Å²) < 4.78 is 32.7. The molecular formula is C14H15NO4S. The van der Waals surface area contributed by atoms with Gasteiger partial charge in [-0.3, -0.25) is 4.18 Å². The fraction of sp³-hybridized carbons (Fsp3) is 0.357. The van der Waals surface area contributed by atoms with Crippen LogP contribution < -0.4 is 0 Å². The first-order valence-corrected chi connectivity index (χ1v) is 7.92. The van der Waals surface area contributed by atoms with E-state index in [1.54, 1.807) is 12.1 Å². The van der Waals surface area contributed by atoms with Crippen LogP contribution in [0.25, 0.3) is 11.0 Å². The Morgan fingerprint density at radius 3 is 2.60 bits per heavy atom. The zero-order valence-electron chi connectivity index (χ0n) is 11.5. The molecule has 20 heavy (non-hydrogen) atoms. The van der Waals surface area contributed by atoms with E-state index < -0.39 is 10.1 Å². The number of benzene rings is 1. The van der Waals surface area contributed by atoms with Crippen LogP contribution in [0.5, 0.6) is 0 Å². The lowest BCUT2D eigenvalue weighted by atomic mass is 10.1. The lowest BCUT2D eigenvalue weighted by Crippen LogP contribution is -2.03. The molecule has 2 aromatic rings. The highest BCUT2D eigenvalue weighted by molar-refractivity contribution is 7.85. The van der Waals surface area contributed by atoms with Gasteiger partial charge in [0, 0.05) is 16.9 Å². The van der Waals surface area contributed by atoms with Crippen LogP contribution >= 0.6 is 0 Å². The first kappa shape index (κ1) is 14.6. The second kappa shape index (κ2) is 5.27. The van der Waals surface area contributed by atoms with E-state index in [1.807, 2.05) is 26.0 Å². The van der Waals surface area contributed by atoms with Crippen LogP contribution in [0.2, 0.25) is 0 Å². The summed E-state index contributed by atoms with van der Waals surface area (Å²) in [6, 6.07) is 7.22. The third-order valence-electron chi connectivity index (χ3n) is 2.84. The highest BCUT2D eigenvalue weighted by Gasteiger charge is 2.14. The van der Waals surface area contributed by atoms with E-state index in [0.29, 0.717) is 16.7 Å². The molecule has 0 atom stereocenters. The summed E-state index contributed by atoms with van der Waals surface area (Å²) in [5.41, 5.74) is 1.56. The molecule has 0 amide bonds. The maximum atomic E-state index is 11.1. The van der Waals surface area contributed by atoms with Gasteiger partial charge in [-0.1, -0.05) is 13.8 Å². The van der Waals surface area contributed by atoms with E-state index in [-0.39, 0.29) is 12.5 Å². The van der Waals surface area contributed by atoms with Crippen LogP contribution in [0.1, 0.15) is 36.7 Å². The predicted molar refractivity (Wildman–Crippen MR) is 74.7 cm³/mol. The molecule has 0 spiro atoms. The van der Waals surface area contributed by atoms with Crippen molar-refractivity contribution in [2.24, 2.45) is 0 Å². The molecule has 1 aromatic heterocycles. The van der Waals surface area contributed by atoms with E-state index >= 15 is 0 Å². The normalized spacial score (nSPS) is 11.9. The first-order chi connectivity index (χ1) is 9.30. The Labute approximate surface area is 117 Å². The Hall–Kier alpha value is -1.84. The summed E-state index contributed by atoms with van der Waals surface area (Å²) in [6.07, 6.45) is 0.986. The largest absolute Gasteiger partial charge is 0.460 e. The topological polar surface area (TPSA) is 80.3 Å². The van der Waals surface area contributed by atoms with E-state index in [4.69, 9.17) is 13.9 Å². The van der Waals surface area contributed by atoms with Crippen LogP contribution in [-0.4, -0.2) is 14.7 Å². The third-order valence-corrected chi connectivity index (χ3v) is 3.38. The SMILES string of the molecule is CC(C)c1cc2cc(C#N)cc(COS(C)(=O)=O)c2o1. The van der Waals surface area contributed by atoms with Gasteiger partial charge in [0.1, 0.15) is 11.3 Å². The van der Waals surface area contributed by atoms with Crippen molar-refractivity contribution in [1.82, 2.24) is 0 Å². The number of rotatable bonds is 4. The minimum absolute atomic E-state index is 0.143. The second-order valence-corrected chi connectivity index (χ2v) is 6.58. The van der Waals surface area contributed by atoms with Crippen molar-refractivity contribution in [3.8, 4) is 6.07 Å². The molecule has 0 radical (unpaired) electrons. The van der Waals surface area contributed by atoms with Crippen molar-refractivity contribution >= 4 is 21.1 Å². The van der Waals surface area contributed by atoms with Gasteiger partial charge in [0.05, 0.1) is 24.5 Å². The highest BCUT2D eigenvalue weighted by atomic mass is 32.2. The van der Waals surface area contributed by atoms with Crippen molar-refractivity contribution < 1.29 is 17.0 Å². The molecule has 0 saturated carbocycles. The zero-order chi connectivity index (χ0) is 14.9. The maximum absolute atomic E-state index is 11.1. The van der Waals surface area contributed by atoms with E-state index in [1.165, 1.54) is 0 Å². The molecule has 0 aliphatic heterocycles. The number of furan rings is 1. The molecule has 0 saturated heterocycles. The Bertz CT molecular complexity index is 781. The van der Waals surface area contributed by atoms with Crippen molar-refractivity contribution in [1.29, 1.82) is 5.26 Å². The van der Waals surface area contributed by atoms with Gasteiger partial charge in [0.15, 0.2) is 0 Å². The van der Waals surface area contributed by atoms with Gasteiger partial charge in [0.25, 0.3) is 10.1 Å². The molecule has 0 N–H and O–H groups in total. The summed E-state index contributed by atoms with van der Waals surface area (Å²) in [4.78, 5) is 0. The highest BCUT2D eigenvalue weighted by Crippen LogP contribution is 2.29. The van der Waals surface area contributed by atoms with E-state index in [2.05, 4.69) is 0 Å². The quantitative estimate of drug-likeness (QED) is 0.810. The molecule has 0 aliphatic rings. The summed E-state index contributed by atoms with van der Waals surface area (Å²) >= 11 is 0. The van der Waals surface area contributed by atoms with Crippen molar-refractivity contribution in [3.63, 3.8) is 0 Å². The van der Waals surface area contributed by atoms with Gasteiger partial charge >= 0.3 is 0 Å². The smallest absolute Gasteiger partial charge is 0.264 e. The molecule has 0 fully saturated rings. The Kier molecular flexibility index (Phi) is 3.84. The summed E-state index contributed by atoms with van der Waals surface area (Å²) in [7, 11) is -3.54. The van der Waals surface area contributed by atoms with E-state index in [9.17, 15) is 8.42 Å². The fourth-order valence-electron chi connectivity index (χ4n) is 1.87. The molecule has 0 aliphatic carbocycles. The van der Waals surface area contributed by atoms with Crippen molar-refractivity contribution in [2.75, 3.05) is 6.26 Å². The Balaban J connectivity index is 2.53. The van der Waals surface area contributed by atoms with Crippen LogP contribution in [-0.2, 0) is 20.9 Å². The van der Waals surface area contributed by atoms with Gasteiger partial charge in [0.2, 0.25) is 0 Å². The molecule has 0 bridgehead atoms. The second-order valence-electron chi connectivity index (χ2n) is 4.94. The fourth-order valence-corrected chi connectivity index (χ4v) is 2.21. The van der Waals surface area contributed by atoms with Gasteiger partial charge in [-0.15, -0.1) is 0 Å². The van der Waals surface area contributed by atoms with Gasteiger partial charge in [-0.2, -0.15) is 13.7 Å². The number of hydrogen-bond acceptors (Lipinski definition) is 5. The lowest BCUT2D eigenvalue weighted by molar-refractivity contribution is 0.311. The molecule has 0 unspecified atom stereocenters. The molecular weight excluding hydrogens is 278 g/mol. The summed E-state index contributed by atoms with van der Waals surface area (Å²) in [5.74, 6) is 0.993. The molecule has 106 valence electrons. The lowest BCUT2D eigenvalue weighted by Gasteiger charge is -2.03.